The van der Waals surface area contributed by atoms with E-state index in [1.165, 1.54) is 25.3 Å². The molecule has 2 rings (SSSR count). The van der Waals surface area contributed by atoms with Gasteiger partial charge in [-0.1, -0.05) is 0 Å². The van der Waals surface area contributed by atoms with E-state index in [1.54, 1.807) is 18.3 Å². The van der Waals surface area contributed by atoms with E-state index < -0.39 is 9.84 Å². The number of halogens is 1. The predicted octanol–water partition coefficient (Wildman–Crippen LogP) is 2.41. The van der Waals surface area contributed by atoms with E-state index in [9.17, 15) is 8.42 Å². The van der Waals surface area contributed by atoms with Crippen molar-refractivity contribution in [1.82, 2.24) is 4.98 Å². The first kappa shape index (κ1) is 14.8. The molecule has 1 aromatic carbocycles. The lowest BCUT2D eigenvalue weighted by Crippen LogP contribution is -2.08. The second-order valence-electron chi connectivity index (χ2n) is 4.14. The second kappa shape index (κ2) is 5.80. The Bertz CT molecular complexity index is 715. The van der Waals surface area contributed by atoms with Crippen molar-refractivity contribution in [3.8, 4) is 5.75 Å². The Morgan fingerprint density at radius 3 is 2.65 bits per heavy atom. The van der Waals surface area contributed by atoms with Crippen LogP contribution in [0, 0.1) is 0 Å². The quantitative estimate of drug-likeness (QED) is 0.850. The van der Waals surface area contributed by atoms with Crippen LogP contribution in [-0.4, -0.2) is 20.5 Å². The molecule has 1 heterocycles. The standard InChI is InChI=1S/C13H13BrN2O3S/c1-19-12-6-10(15)3-5-13(12)20(17,18)8-11-4-2-9(14)7-16-11/h2-7H,8,15H2,1H3. The lowest BCUT2D eigenvalue weighted by molar-refractivity contribution is 0.403. The predicted molar refractivity (Wildman–Crippen MR) is 80.2 cm³/mol. The van der Waals surface area contributed by atoms with Crippen LogP contribution in [0.2, 0.25) is 0 Å². The molecule has 5 nitrogen and oxygen atoms in total. The third-order valence-corrected chi connectivity index (χ3v) is 4.80. The van der Waals surface area contributed by atoms with Gasteiger partial charge in [0.15, 0.2) is 9.84 Å². The summed E-state index contributed by atoms with van der Waals surface area (Å²) >= 11 is 3.25. The van der Waals surface area contributed by atoms with E-state index in [1.807, 2.05) is 0 Å². The number of benzene rings is 1. The number of anilines is 1. The van der Waals surface area contributed by atoms with E-state index in [2.05, 4.69) is 20.9 Å². The fraction of sp³-hybridized carbons (Fsp3) is 0.154. The molecule has 0 bridgehead atoms. The maximum atomic E-state index is 12.4. The van der Waals surface area contributed by atoms with Crippen LogP contribution >= 0.6 is 15.9 Å². The zero-order valence-electron chi connectivity index (χ0n) is 10.7. The first-order valence-corrected chi connectivity index (χ1v) is 8.13. The number of nitrogens with zero attached hydrogens (tertiary/aromatic N) is 1. The minimum absolute atomic E-state index is 0.110. The van der Waals surface area contributed by atoms with Crippen LogP contribution in [0.25, 0.3) is 0 Å². The van der Waals surface area contributed by atoms with Crippen LogP contribution in [0.3, 0.4) is 0 Å². The van der Waals surface area contributed by atoms with Crippen LogP contribution in [0.1, 0.15) is 5.69 Å². The number of sulfone groups is 1. The number of methoxy groups -OCH3 is 1. The van der Waals surface area contributed by atoms with Crippen LogP contribution in [-0.2, 0) is 15.6 Å². The molecule has 0 aliphatic rings. The van der Waals surface area contributed by atoms with E-state index in [4.69, 9.17) is 10.5 Å². The van der Waals surface area contributed by atoms with Gasteiger partial charge in [-0.25, -0.2) is 8.42 Å². The molecule has 0 aliphatic carbocycles. The van der Waals surface area contributed by atoms with Crippen molar-refractivity contribution < 1.29 is 13.2 Å². The van der Waals surface area contributed by atoms with Crippen molar-refractivity contribution in [2.45, 2.75) is 10.6 Å². The molecule has 2 aromatic rings. The van der Waals surface area contributed by atoms with Gasteiger partial charge in [0, 0.05) is 22.4 Å². The van der Waals surface area contributed by atoms with Crippen LogP contribution < -0.4 is 10.5 Å². The SMILES string of the molecule is COc1cc(N)ccc1S(=O)(=O)Cc1ccc(Br)cn1. The molecule has 0 atom stereocenters. The summed E-state index contributed by atoms with van der Waals surface area (Å²) in [7, 11) is -2.14. The Hall–Kier alpha value is -1.60. The molecule has 0 aliphatic heterocycles. The Labute approximate surface area is 125 Å². The van der Waals surface area contributed by atoms with Crippen molar-refractivity contribution in [2.24, 2.45) is 0 Å². The van der Waals surface area contributed by atoms with Gasteiger partial charge >= 0.3 is 0 Å². The number of hydrogen-bond acceptors (Lipinski definition) is 5. The first-order valence-electron chi connectivity index (χ1n) is 5.69. The van der Waals surface area contributed by atoms with E-state index in [-0.39, 0.29) is 16.4 Å². The van der Waals surface area contributed by atoms with Gasteiger partial charge in [0.25, 0.3) is 0 Å². The van der Waals surface area contributed by atoms with Crippen molar-refractivity contribution in [2.75, 3.05) is 12.8 Å². The van der Waals surface area contributed by atoms with Crippen molar-refractivity contribution in [1.29, 1.82) is 0 Å². The van der Waals surface area contributed by atoms with Gasteiger partial charge in [-0.15, -0.1) is 0 Å². The molecule has 0 spiro atoms. The Morgan fingerprint density at radius 1 is 1.30 bits per heavy atom. The largest absolute Gasteiger partial charge is 0.495 e. The number of pyridine rings is 1. The molecule has 1 aromatic heterocycles. The molecular formula is C13H13BrN2O3S. The molecule has 0 saturated carbocycles. The molecule has 106 valence electrons. The summed E-state index contributed by atoms with van der Waals surface area (Å²) < 4.78 is 30.7. The van der Waals surface area contributed by atoms with Crippen molar-refractivity contribution >= 4 is 31.5 Å². The summed E-state index contributed by atoms with van der Waals surface area (Å²) in [5, 5.41) is 0. The minimum atomic E-state index is -3.54. The normalized spacial score (nSPS) is 11.3. The molecule has 0 saturated heterocycles. The minimum Gasteiger partial charge on any atom is -0.495 e. The number of nitrogens with two attached hydrogens (primary N) is 1. The molecule has 0 unspecified atom stereocenters. The van der Waals surface area contributed by atoms with Gasteiger partial charge in [0.05, 0.1) is 18.6 Å². The summed E-state index contributed by atoms with van der Waals surface area (Å²) in [6.07, 6.45) is 1.56. The number of nitrogen functional groups attached to an aromatic ring is 1. The highest BCUT2D eigenvalue weighted by Gasteiger charge is 2.21. The number of hydrogen-bond donors (Lipinski definition) is 1. The second-order valence-corrected chi connectivity index (χ2v) is 7.01. The summed E-state index contributed by atoms with van der Waals surface area (Å²) in [6.45, 7) is 0. The fourth-order valence-corrected chi connectivity index (χ4v) is 3.38. The smallest absolute Gasteiger partial charge is 0.187 e. The number of rotatable bonds is 4. The lowest BCUT2D eigenvalue weighted by atomic mass is 10.3. The van der Waals surface area contributed by atoms with E-state index >= 15 is 0 Å². The van der Waals surface area contributed by atoms with E-state index in [0.29, 0.717) is 11.4 Å². The Balaban J connectivity index is 2.38. The molecule has 0 radical (unpaired) electrons. The maximum Gasteiger partial charge on any atom is 0.187 e. The summed E-state index contributed by atoms with van der Waals surface area (Å²) in [5.74, 6) is 0.0442. The fourth-order valence-electron chi connectivity index (χ4n) is 1.71. The van der Waals surface area contributed by atoms with Gasteiger partial charge in [-0.05, 0) is 40.2 Å². The van der Waals surface area contributed by atoms with Gasteiger partial charge in [-0.3, -0.25) is 4.98 Å². The third kappa shape index (κ3) is 3.29. The lowest BCUT2D eigenvalue weighted by Gasteiger charge is -2.10. The molecule has 0 amide bonds. The highest BCUT2D eigenvalue weighted by atomic mass is 79.9. The monoisotopic (exact) mass is 356 g/mol. The first-order chi connectivity index (χ1) is 9.42. The molecular weight excluding hydrogens is 344 g/mol. The molecule has 7 heteroatoms. The van der Waals surface area contributed by atoms with Crippen LogP contribution in [0.15, 0.2) is 45.9 Å². The molecule has 20 heavy (non-hydrogen) atoms. The van der Waals surface area contributed by atoms with Crippen LogP contribution in [0.4, 0.5) is 5.69 Å². The summed E-state index contributed by atoms with van der Waals surface area (Å²) in [5.41, 5.74) is 6.53. The highest BCUT2D eigenvalue weighted by molar-refractivity contribution is 9.10. The molecule has 2 N–H and O–H groups in total. The van der Waals surface area contributed by atoms with Gasteiger partial charge in [0.1, 0.15) is 10.6 Å². The zero-order valence-corrected chi connectivity index (χ0v) is 13.1. The number of aromatic nitrogens is 1. The summed E-state index contributed by atoms with van der Waals surface area (Å²) in [6, 6.07) is 7.87. The average Bonchev–Trinajstić information content (AvgIpc) is 2.40. The molecule has 0 fully saturated rings. The number of ether oxygens (including phenoxy) is 1. The van der Waals surface area contributed by atoms with Crippen molar-refractivity contribution in [3.63, 3.8) is 0 Å². The topological polar surface area (TPSA) is 82.3 Å². The zero-order chi connectivity index (χ0) is 14.8. The average molecular weight is 357 g/mol. The third-order valence-electron chi connectivity index (χ3n) is 2.65. The van der Waals surface area contributed by atoms with Gasteiger partial charge in [0.2, 0.25) is 0 Å². The van der Waals surface area contributed by atoms with Gasteiger partial charge < -0.3 is 10.5 Å². The summed E-state index contributed by atoms with van der Waals surface area (Å²) in [4.78, 5) is 4.18. The Kier molecular flexibility index (Phi) is 4.29. The Morgan fingerprint density at radius 2 is 2.05 bits per heavy atom. The van der Waals surface area contributed by atoms with Gasteiger partial charge in [-0.2, -0.15) is 0 Å². The van der Waals surface area contributed by atoms with Crippen molar-refractivity contribution in [3.05, 3.63) is 46.7 Å². The van der Waals surface area contributed by atoms with E-state index in [0.717, 1.165) is 4.47 Å². The maximum absolute atomic E-state index is 12.4. The van der Waals surface area contributed by atoms with Crippen LogP contribution in [0.5, 0.6) is 5.75 Å². The highest BCUT2D eigenvalue weighted by Crippen LogP contribution is 2.28.